The molecule has 0 saturated carbocycles. The first-order valence-corrected chi connectivity index (χ1v) is 6.74. The van der Waals surface area contributed by atoms with E-state index in [1.54, 1.807) is 12.3 Å². The minimum absolute atomic E-state index is 0.505. The number of hydrogen-bond donors (Lipinski definition) is 2. The number of nitrogens with two attached hydrogens (primary N) is 1. The summed E-state index contributed by atoms with van der Waals surface area (Å²) in [5.41, 5.74) is 6.55. The SMILES string of the molecule is NC(=O)C=Cc1c[nH]c2ncnc(OCCC3COC3)c12. The van der Waals surface area contributed by atoms with Gasteiger partial charge in [-0.3, -0.25) is 4.79 Å². The molecule has 0 unspecified atom stereocenters. The third kappa shape index (κ3) is 3.03. The van der Waals surface area contributed by atoms with E-state index in [9.17, 15) is 4.79 Å². The Morgan fingerprint density at radius 3 is 3.10 bits per heavy atom. The molecular weight excluding hydrogens is 272 g/mol. The Hall–Kier alpha value is -2.41. The number of hydrogen-bond acceptors (Lipinski definition) is 5. The molecule has 0 radical (unpaired) electrons. The second-order valence-corrected chi connectivity index (χ2v) is 4.92. The van der Waals surface area contributed by atoms with Gasteiger partial charge >= 0.3 is 0 Å². The molecule has 3 N–H and O–H groups in total. The Morgan fingerprint density at radius 2 is 2.38 bits per heavy atom. The molecule has 21 heavy (non-hydrogen) atoms. The largest absolute Gasteiger partial charge is 0.477 e. The number of rotatable bonds is 6. The van der Waals surface area contributed by atoms with Crippen molar-refractivity contribution in [2.45, 2.75) is 6.42 Å². The predicted octanol–water partition coefficient (Wildman–Crippen LogP) is 0.872. The van der Waals surface area contributed by atoms with Gasteiger partial charge in [-0.15, -0.1) is 0 Å². The van der Waals surface area contributed by atoms with Gasteiger partial charge in [-0.05, 0) is 12.5 Å². The minimum atomic E-state index is -0.506. The van der Waals surface area contributed by atoms with Crippen molar-refractivity contribution in [2.24, 2.45) is 11.7 Å². The zero-order valence-corrected chi connectivity index (χ0v) is 11.4. The molecule has 1 fully saturated rings. The molecule has 0 aromatic carbocycles. The Labute approximate surface area is 121 Å². The van der Waals surface area contributed by atoms with E-state index in [1.165, 1.54) is 12.4 Å². The zero-order chi connectivity index (χ0) is 14.7. The van der Waals surface area contributed by atoms with Crippen molar-refractivity contribution in [1.29, 1.82) is 0 Å². The van der Waals surface area contributed by atoms with E-state index in [1.807, 2.05) is 0 Å². The second kappa shape index (κ2) is 5.92. The summed E-state index contributed by atoms with van der Waals surface area (Å²) in [7, 11) is 0. The standard InChI is InChI=1S/C14H16N4O3/c15-11(19)2-1-10-5-16-13-12(10)14(18-8-17-13)21-4-3-9-6-20-7-9/h1-2,5,8-9H,3-4,6-7H2,(H2,15,19)(H,16,17,18). The molecule has 7 nitrogen and oxygen atoms in total. The highest BCUT2D eigenvalue weighted by atomic mass is 16.5. The number of nitrogens with zero attached hydrogens (tertiary/aromatic N) is 2. The molecule has 2 aromatic heterocycles. The van der Waals surface area contributed by atoms with Crippen molar-refractivity contribution >= 4 is 23.0 Å². The van der Waals surface area contributed by atoms with Gasteiger partial charge in [-0.2, -0.15) is 0 Å². The number of carbonyl (C=O) groups excluding carboxylic acids is 1. The summed E-state index contributed by atoms with van der Waals surface area (Å²) in [6.07, 6.45) is 7.04. The highest BCUT2D eigenvalue weighted by molar-refractivity contribution is 5.96. The summed E-state index contributed by atoms with van der Waals surface area (Å²) in [5.74, 6) is 0.571. The highest BCUT2D eigenvalue weighted by Crippen LogP contribution is 2.26. The topological polar surface area (TPSA) is 103 Å². The zero-order valence-electron chi connectivity index (χ0n) is 11.4. The Bertz CT molecular complexity index is 676. The van der Waals surface area contributed by atoms with Crippen molar-refractivity contribution in [3.63, 3.8) is 0 Å². The molecule has 1 aliphatic rings. The molecular formula is C14H16N4O3. The first-order chi connectivity index (χ1) is 10.2. The molecule has 2 aromatic rings. The maximum absolute atomic E-state index is 10.9. The van der Waals surface area contributed by atoms with Crippen LogP contribution in [0.3, 0.4) is 0 Å². The van der Waals surface area contributed by atoms with Crippen LogP contribution in [0.1, 0.15) is 12.0 Å². The van der Waals surface area contributed by atoms with E-state index < -0.39 is 5.91 Å². The summed E-state index contributed by atoms with van der Waals surface area (Å²) in [4.78, 5) is 22.2. The van der Waals surface area contributed by atoms with Crippen molar-refractivity contribution in [3.05, 3.63) is 24.2 Å². The van der Waals surface area contributed by atoms with Crippen LogP contribution in [0.2, 0.25) is 0 Å². The normalized spacial score (nSPS) is 15.4. The van der Waals surface area contributed by atoms with E-state index in [0.29, 0.717) is 24.1 Å². The third-order valence-corrected chi connectivity index (χ3v) is 3.36. The fraction of sp³-hybridized carbons (Fsp3) is 0.357. The van der Waals surface area contributed by atoms with Crippen LogP contribution in [0.4, 0.5) is 0 Å². The van der Waals surface area contributed by atoms with Gasteiger partial charge in [0, 0.05) is 23.8 Å². The van der Waals surface area contributed by atoms with Crippen LogP contribution < -0.4 is 10.5 Å². The maximum atomic E-state index is 10.9. The Kier molecular flexibility index (Phi) is 3.83. The van der Waals surface area contributed by atoms with Crippen LogP contribution in [-0.2, 0) is 9.53 Å². The lowest BCUT2D eigenvalue weighted by atomic mass is 10.1. The molecule has 3 heterocycles. The number of aromatic amines is 1. The van der Waals surface area contributed by atoms with Crippen LogP contribution in [0.5, 0.6) is 5.88 Å². The minimum Gasteiger partial charge on any atom is -0.477 e. The van der Waals surface area contributed by atoms with E-state index in [2.05, 4.69) is 15.0 Å². The molecule has 1 saturated heterocycles. The number of amides is 1. The molecule has 0 bridgehead atoms. The number of carbonyl (C=O) groups is 1. The number of fused-ring (bicyclic) bond motifs is 1. The summed E-state index contributed by atoms with van der Waals surface area (Å²) in [5, 5.41) is 0.750. The van der Waals surface area contributed by atoms with Gasteiger partial charge < -0.3 is 20.2 Å². The van der Waals surface area contributed by atoms with Crippen LogP contribution in [0, 0.1) is 5.92 Å². The van der Waals surface area contributed by atoms with Gasteiger partial charge in [0.15, 0.2) is 0 Å². The number of aromatic nitrogens is 3. The number of H-pyrrole nitrogens is 1. The van der Waals surface area contributed by atoms with Gasteiger partial charge in [0.2, 0.25) is 11.8 Å². The fourth-order valence-electron chi connectivity index (χ4n) is 2.14. The van der Waals surface area contributed by atoms with Gasteiger partial charge in [-0.25, -0.2) is 9.97 Å². The number of primary amides is 1. The third-order valence-electron chi connectivity index (χ3n) is 3.36. The van der Waals surface area contributed by atoms with Crippen molar-refractivity contribution < 1.29 is 14.3 Å². The molecule has 110 valence electrons. The molecule has 1 amide bonds. The predicted molar refractivity (Wildman–Crippen MR) is 76.5 cm³/mol. The van der Waals surface area contributed by atoms with Crippen molar-refractivity contribution in [1.82, 2.24) is 15.0 Å². The lowest BCUT2D eigenvalue weighted by Gasteiger charge is -2.25. The highest BCUT2D eigenvalue weighted by Gasteiger charge is 2.18. The molecule has 0 aliphatic carbocycles. The van der Waals surface area contributed by atoms with Gasteiger partial charge in [0.1, 0.15) is 12.0 Å². The quantitative estimate of drug-likeness (QED) is 0.768. The molecule has 0 atom stereocenters. The molecule has 7 heteroatoms. The molecule has 1 aliphatic heterocycles. The molecule has 3 rings (SSSR count). The Morgan fingerprint density at radius 1 is 1.52 bits per heavy atom. The van der Waals surface area contributed by atoms with Crippen molar-refractivity contribution in [2.75, 3.05) is 19.8 Å². The summed E-state index contributed by atoms with van der Waals surface area (Å²) >= 11 is 0. The van der Waals surface area contributed by atoms with Gasteiger partial charge in [-0.1, -0.05) is 0 Å². The van der Waals surface area contributed by atoms with Crippen LogP contribution in [0.25, 0.3) is 17.1 Å². The molecule has 0 spiro atoms. The monoisotopic (exact) mass is 288 g/mol. The van der Waals surface area contributed by atoms with Gasteiger partial charge in [0.05, 0.1) is 25.2 Å². The first kappa shape index (κ1) is 13.6. The van der Waals surface area contributed by atoms with E-state index in [4.69, 9.17) is 15.2 Å². The smallest absolute Gasteiger partial charge is 0.241 e. The summed E-state index contributed by atoms with van der Waals surface area (Å²) in [6.45, 7) is 2.18. The number of nitrogens with one attached hydrogen (secondary N) is 1. The first-order valence-electron chi connectivity index (χ1n) is 6.74. The lowest BCUT2D eigenvalue weighted by molar-refractivity contribution is -0.113. The summed E-state index contributed by atoms with van der Waals surface area (Å²) in [6, 6.07) is 0. The van der Waals surface area contributed by atoms with E-state index >= 15 is 0 Å². The van der Waals surface area contributed by atoms with Crippen LogP contribution >= 0.6 is 0 Å². The average molecular weight is 288 g/mol. The van der Waals surface area contributed by atoms with Crippen molar-refractivity contribution in [3.8, 4) is 5.88 Å². The van der Waals surface area contributed by atoms with Crippen LogP contribution in [0.15, 0.2) is 18.6 Å². The fourth-order valence-corrected chi connectivity index (χ4v) is 2.14. The van der Waals surface area contributed by atoms with E-state index in [0.717, 1.165) is 30.6 Å². The lowest BCUT2D eigenvalue weighted by Crippen LogP contribution is -2.28. The second-order valence-electron chi connectivity index (χ2n) is 4.92. The average Bonchev–Trinajstić information content (AvgIpc) is 2.83. The number of ether oxygens (including phenoxy) is 2. The van der Waals surface area contributed by atoms with Gasteiger partial charge in [0.25, 0.3) is 0 Å². The van der Waals surface area contributed by atoms with E-state index in [-0.39, 0.29) is 0 Å². The Balaban J connectivity index is 1.79. The van der Waals surface area contributed by atoms with Crippen LogP contribution in [-0.4, -0.2) is 40.7 Å². The summed E-state index contributed by atoms with van der Waals surface area (Å²) < 4.78 is 10.9. The maximum Gasteiger partial charge on any atom is 0.241 e.